The van der Waals surface area contributed by atoms with Gasteiger partial charge in [0.15, 0.2) is 0 Å². The molecule has 164 valence electrons. The molecule has 3 unspecified atom stereocenters. The molecular formula is C16H22N3O10-3. The van der Waals surface area contributed by atoms with Gasteiger partial charge in [-0.15, -0.1) is 0 Å². The van der Waals surface area contributed by atoms with Gasteiger partial charge in [0.2, 0.25) is 11.8 Å². The molecule has 0 saturated heterocycles. The van der Waals surface area contributed by atoms with Gasteiger partial charge in [0.25, 0.3) is 0 Å². The topological polar surface area (TPSA) is 242 Å². The van der Waals surface area contributed by atoms with Crippen LogP contribution in [-0.4, -0.2) is 58.9 Å². The molecular weight excluding hydrogens is 394 g/mol. The van der Waals surface area contributed by atoms with Crippen LogP contribution in [0.15, 0.2) is 0 Å². The minimum Gasteiger partial charge on any atom is -0.548 e. The van der Waals surface area contributed by atoms with E-state index in [0.717, 1.165) is 0 Å². The molecule has 0 saturated carbocycles. The van der Waals surface area contributed by atoms with Crippen LogP contribution in [0.25, 0.3) is 0 Å². The Morgan fingerprint density at radius 2 is 1.17 bits per heavy atom. The van der Waals surface area contributed by atoms with Crippen LogP contribution in [0.4, 0.5) is 0 Å². The van der Waals surface area contributed by atoms with Gasteiger partial charge >= 0.3 is 5.97 Å². The highest BCUT2D eigenvalue weighted by atomic mass is 16.4. The zero-order chi connectivity index (χ0) is 22.6. The first-order valence-electron chi connectivity index (χ1n) is 8.62. The molecule has 0 aromatic rings. The molecule has 0 radical (unpaired) electrons. The van der Waals surface area contributed by atoms with Gasteiger partial charge in [0, 0.05) is 25.3 Å². The molecule has 0 aromatic carbocycles. The van der Waals surface area contributed by atoms with E-state index in [-0.39, 0.29) is 25.7 Å². The predicted molar refractivity (Wildman–Crippen MR) is 86.8 cm³/mol. The fourth-order valence-electron chi connectivity index (χ4n) is 2.17. The summed E-state index contributed by atoms with van der Waals surface area (Å²) < 4.78 is 0. The standard InChI is InChI=1S/C16H25N3O10/c17-8(14(24)25)4-6-11(20)19-10(16(28)29)5-7-12(21)18-9(15(26)27)2-1-3-13(22)23/h8-10H,1-7,17H2,(H,18,21)(H,19,20)(H,22,23)(H,24,25)(H,26,27)(H,28,29)/p-3. The molecule has 0 heterocycles. The van der Waals surface area contributed by atoms with Crippen LogP contribution in [0.1, 0.15) is 44.9 Å². The fourth-order valence-corrected chi connectivity index (χ4v) is 2.17. The van der Waals surface area contributed by atoms with Crippen LogP contribution >= 0.6 is 0 Å². The third kappa shape index (κ3) is 12.0. The molecule has 0 fully saturated rings. The van der Waals surface area contributed by atoms with E-state index in [2.05, 4.69) is 5.32 Å². The number of carbonyl (C=O) groups is 6. The number of carboxylic acids is 4. The quantitative estimate of drug-likeness (QED) is 0.196. The molecule has 0 spiro atoms. The van der Waals surface area contributed by atoms with Crippen LogP contribution in [0.2, 0.25) is 0 Å². The predicted octanol–water partition coefficient (Wildman–Crippen LogP) is -5.65. The molecule has 0 aliphatic heterocycles. The normalized spacial score (nSPS) is 13.6. The Balaban J connectivity index is 4.54. The zero-order valence-corrected chi connectivity index (χ0v) is 15.4. The first kappa shape index (κ1) is 25.8. The molecule has 3 atom stereocenters. The number of nitrogens with one attached hydrogen (secondary N) is 2. The fraction of sp³-hybridized carbons (Fsp3) is 0.625. The van der Waals surface area contributed by atoms with E-state index in [4.69, 9.17) is 10.8 Å². The largest absolute Gasteiger partial charge is 0.548 e. The Bertz CT molecular complexity index is 636. The lowest BCUT2D eigenvalue weighted by Gasteiger charge is -2.22. The summed E-state index contributed by atoms with van der Waals surface area (Å²) in [5, 5.41) is 45.2. The Morgan fingerprint density at radius 3 is 1.59 bits per heavy atom. The first-order valence-corrected chi connectivity index (χ1v) is 8.62. The number of hydrogen-bond donors (Lipinski definition) is 4. The SMILES string of the molecule is NC(CCC(=O)NC(CCC(=O)NC(CCCC(=O)O)C(=O)[O-])C(=O)[O-])C(=O)[O-]. The molecule has 0 rings (SSSR count). The third-order valence-corrected chi connectivity index (χ3v) is 3.77. The molecule has 13 heteroatoms. The lowest BCUT2D eigenvalue weighted by Crippen LogP contribution is -2.50. The summed E-state index contributed by atoms with van der Waals surface area (Å²) in [5.74, 6) is -7.73. The average molecular weight is 416 g/mol. The number of carboxylic acid groups (broad SMARTS) is 4. The summed E-state index contributed by atoms with van der Waals surface area (Å²) in [6, 6.07) is -4.44. The summed E-state index contributed by atoms with van der Waals surface area (Å²) in [7, 11) is 0. The second kappa shape index (κ2) is 13.0. The van der Waals surface area contributed by atoms with E-state index >= 15 is 0 Å². The zero-order valence-electron chi connectivity index (χ0n) is 15.4. The van der Waals surface area contributed by atoms with Gasteiger partial charge in [-0.2, -0.15) is 0 Å². The summed E-state index contributed by atoms with van der Waals surface area (Å²) in [4.78, 5) is 66.5. The number of carbonyl (C=O) groups excluding carboxylic acids is 5. The highest BCUT2D eigenvalue weighted by Gasteiger charge is 2.18. The number of amides is 2. The van der Waals surface area contributed by atoms with Crippen LogP contribution in [0.5, 0.6) is 0 Å². The van der Waals surface area contributed by atoms with Crippen molar-refractivity contribution in [3.63, 3.8) is 0 Å². The van der Waals surface area contributed by atoms with Crippen LogP contribution in [0.3, 0.4) is 0 Å². The Kier molecular flexibility index (Phi) is 11.6. The highest BCUT2D eigenvalue weighted by Crippen LogP contribution is 2.04. The maximum atomic E-state index is 11.8. The number of aliphatic carboxylic acids is 4. The van der Waals surface area contributed by atoms with Gasteiger partial charge in [0.05, 0.1) is 30.0 Å². The number of hydrogen-bond acceptors (Lipinski definition) is 10. The van der Waals surface area contributed by atoms with Crippen molar-refractivity contribution >= 4 is 35.7 Å². The van der Waals surface area contributed by atoms with Crippen molar-refractivity contribution in [2.75, 3.05) is 0 Å². The molecule has 0 aromatic heterocycles. The van der Waals surface area contributed by atoms with Gasteiger partial charge in [-0.3, -0.25) is 14.4 Å². The summed E-state index contributed by atoms with van der Waals surface area (Å²) >= 11 is 0. The second-order valence-electron chi connectivity index (χ2n) is 6.17. The van der Waals surface area contributed by atoms with Crippen molar-refractivity contribution < 1.29 is 49.2 Å². The molecule has 5 N–H and O–H groups in total. The van der Waals surface area contributed by atoms with E-state index in [9.17, 15) is 44.1 Å². The smallest absolute Gasteiger partial charge is 0.303 e. The van der Waals surface area contributed by atoms with E-state index in [0.29, 0.717) is 0 Å². The average Bonchev–Trinajstić information content (AvgIpc) is 2.61. The van der Waals surface area contributed by atoms with Gasteiger partial charge < -0.3 is 51.2 Å². The second-order valence-corrected chi connectivity index (χ2v) is 6.17. The van der Waals surface area contributed by atoms with Crippen molar-refractivity contribution in [3.8, 4) is 0 Å². The third-order valence-electron chi connectivity index (χ3n) is 3.77. The van der Waals surface area contributed by atoms with E-state index in [1.165, 1.54) is 0 Å². The van der Waals surface area contributed by atoms with E-state index < -0.39 is 73.1 Å². The van der Waals surface area contributed by atoms with Crippen molar-refractivity contribution in [2.45, 2.75) is 63.1 Å². The molecule has 29 heavy (non-hydrogen) atoms. The summed E-state index contributed by atoms with van der Waals surface area (Å²) in [5.41, 5.74) is 5.17. The number of nitrogens with two attached hydrogens (primary N) is 1. The maximum absolute atomic E-state index is 11.8. The molecule has 0 aliphatic carbocycles. The molecule has 13 nitrogen and oxygen atoms in total. The van der Waals surface area contributed by atoms with Crippen molar-refractivity contribution in [1.82, 2.24) is 10.6 Å². The molecule has 2 amide bonds. The summed E-state index contributed by atoms with van der Waals surface area (Å²) in [6.07, 6.45) is -2.14. The monoisotopic (exact) mass is 416 g/mol. The lowest BCUT2D eigenvalue weighted by atomic mass is 10.1. The van der Waals surface area contributed by atoms with Gasteiger partial charge in [-0.05, 0) is 25.7 Å². The minimum absolute atomic E-state index is 0.0278. The van der Waals surface area contributed by atoms with Crippen molar-refractivity contribution in [1.29, 1.82) is 0 Å². The summed E-state index contributed by atoms with van der Waals surface area (Å²) in [6.45, 7) is 0. The lowest BCUT2D eigenvalue weighted by molar-refractivity contribution is -0.310. The molecule has 0 aliphatic rings. The maximum Gasteiger partial charge on any atom is 0.303 e. The van der Waals surface area contributed by atoms with Crippen molar-refractivity contribution in [3.05, 3.63) is 0 Å². The minimum atomic E-state index is -1.70. The number of rotatable bonds is 15. The van der Waals surface area contributed by atoms with E-state index in [1.54, 1.807) is 0 Å². The van der Waals surface area contributed by atoms with Crippen LogP contribution < -0.4 is 31.7 Å². The Morgan fingerprint density at radius 1 is 0.724 bits per heavy atom. The highest BCUT2D eigenvalue weighted by molar-refractivity contribution is 5.85. The first-order chi connectivity index (χ1) is 13.4. The van der Waals surface area contributed by atoms with Gasteiger partial charge in [-0.25, -0.2) is 0 Å². The van der Waals surface area contributed by atoms with Crippen LogP contribution in [-0.2, 0) is 28.8 Å². The Hall–Kier alpha value is -3.22. The van der Waals surface area contributed by atoms with E-state index in [1.807, 2.05) is 5.32 Å². The molecule has 0 bridgehead atoms. The van der Waals surface area contributed by atoms with Crippen molar-refractivity contribution in [2.24, 2.45) is 5.73 Å². The van der Waals surface area contributed by atoms with Gasteiger partial charge in [-0.1, -0.05) is 0 Å². The van der Waals surface area contributed by atoms with Gasteiger partial charge in [0.1, 0.15) is 0 Å². The Labute approximate surface area is 165 Å². The van der Waals surface area contributed by atoms with Crippen LogP contribution in [0, 0.1) is 0 Å².